The number of anilines is 1. The fourth-order valence-corrected chi connectivity index (χ4v) is 3.72. The monoisotopic (exact) mass is 433 g/mol. The summed E-state index contributed by atoms with van der Waals surface area (Å²) in [7, 11) is 0. The number of amides is 2. The Hall–Kier alpha value is -4.06. The molecule has 0 saturated carbocycles. The van der Waals surface area contributed by atoms with Crippen LogP contribution in [0.2, 0.25) is 0 Å². The van der Waals surface area contributed by atoms with E-state index in [0.29, 0.717) is 30.5 Å². The number of hydrogen-bond donors (Lipinski definition) is 1. The Labute approximate surface area is 183 Å². The third-order valence-corrected chi connectivity index (χ3v) is 5.29. The summed E-state index contributed by atoms with van der Waals surface area (Å²) in [5.74, 6) is -0.616. The second-order valence-corrected chi connectivity index (χ2v) is 7.61. The molecule has 1 fully saturated rings. The maximum absolute atomic E-state index is 14.3. The zero-order valence-corrected chi connectivity index (χ0v) is 17.3. The van der Waals surface area contributed by atoms with E-state index in [1.807, 2.05) is 6.07 Å². The Bertz CT molecular complexity index is 1200. The van der Waals surface area contributed by atoms with Crippen LogP contribution in [0.5, 0.6) is 0 Å². The molecule has 1 atom stereocenters. The molecule has 1 aliphatic heterocycles. The van der Waals surface area contributed by atoms with Gasteiger partial charge in [0, 0.05) is 31.3 Å². The van der Waals surface area contributed by atoms with Crippen molar-refractivity contribution in [1.82, 2.24) is 15.0 Å². The van der Waals surface area contributed by atoms with Crippen LogP contribution >= 0.6 is 0 Å². The first-order valence-corrected chi connectivity index (χ1v) is 10.1. The SMILES string of the molecule is CC(=O)Nc1ccc(-c2noc([C@@H]3CCCN(C(=O)c4ccc(C#N)cc4F)C3)n2)cc1. The summed E-state index contributed by atoms with van der Waals surface area (Å²) < 4.78 is 19.8. The summed E-state index contributed by atoms with van der Waals surface area (Å²) in [6.45, 7) is 2.27. The van der Waals surface area contributed by atoms with Crippen molar-refractivity contribution in [2.45, 2.75) is 25.7 Å². The van der Waals surface area contributed by atoms with Gasteiger partial charge in [-0.05, 0) is 55.3 Å². The van der Waals surface area contributed by atoms with Crippen molar-refractivity contribution >= 4 is 17.5 Å². The fraction of sp³-hybridized carbons (Fsp3) is 0.261. The molecule has 1 saturated heterocycles. The fourth-order valence-electron chi connectivity index (χ4n) is 3.72. The smallest absolute Gasteiger partial charge is 0.256 e. The number of carbonyl (C=O) groups excluding carboxylic acids is 2. The van der Waals surface area contributed by atoms with Crippen LogP contribution in [-0.4, -0.2) is 39.9 Å². The molecule has 4 rings (SSSR count). The van der Waals surface area contributed by atoms with E-state index in [1.54, 1.807) is 29.2 Å². The average Bonchev–Trinajstić information content (AvgIpc) is 3.29. The van der Waals surface area contributed by atoms with E-state index in [9.17, 15) is 14.0 Å². The Balaban J connectivity index is 1.47. The van der Waals surface area contributed by atoms with Crippen molar-refractivity contribution in [3.05, 3.63) is 65.3 Å². The van der Waals surface area contributed by atoms with Crippen molar-refractivity contribution in [2.24, 2.45) is 0 Å². The molecule has 8 nitrogen and oxygen atoms in total. The van der Waals surface area contributed by atoms with E-state index in [1.165, 1.54) is 19.1 Å². The highest BCUT2D eigenvalue weighted by atomic mass is 19.1. The highest BCUT2D eigenvalue weighted by Gasteiger charge is 2.30. The normalized spacial score (nSPS) is 15.8. The van der Waals surface area contributed by atoms with Gasteiger partial charge in [0.25, 0.3) is 5.91 Å². The number of likely N-dealkylation sites (tertiary alicyclic amines) is 1. The quantitative estimate of drug-likeness (QED) is 0.671. The highest BCUT2D eigenvalue weighted by molar-refractivity contribution is 5.94. The first-order chi connectivity index (χ1) is 15.4. The molecular formula is C23H20FN5O3. The predicted octanol–water partition coefficient (Wildman–Crippen LogP) is 3.73. The minimum atomic E-state index is -0.709. The van der Waals surface area contributed by atoms with Crippen LogP contribution in [0.25, 0.3) is 11.4 Å². The lowest BCUT2D eigenvalue weighted by atomic mass is 9.97. The van der Waals surface area contributed by atoms with Gasteiger partial charge in [0.05, 0.1) is 23.1 Å². The van der Waals surface area contributed by atoms with Crippen LogP contribution in [0.15, 0.2) is 47.0 Å². The van der Waals surface area contributed by atoms with Gasteiger partial charge in [0.15, 0.2) is 0 Å². The number of nitrogens with zero attached hydrogens (tertiary/aromatic N) is 4. The maximum Gasteiger partial charge on any atom is 0.256 e. The summed E-state index contributed by atoms with van der Waals surface area (Å²) in [6.07, 6.45) is 1.49. The van der Waals surface area contributed by atoms with E-state index in [0.717, 1.165) is 24.5 Å². The van der Waals surface area contributed by atoms with Gasteiger partial charge in [0.2, 0.25) is 17.6 Å². The van der Waals surface area contributed by atoms with Crippen LogP contribution < -0.4 is 5.32 Å². The van der Waals surface area contributed by atoms with Gasteiger partial charge < -0.3 is 14.7 Å². The third-order valence-electron chi connectivity index (χ3n) is 5.29. The van der Waals surface area contributed by atoms with Crippen LogP contribution in [0.3, 0.4) is 0 Å². The number of rotatable bonds is 4. The standard InChI is InChI=1S/C23H20FN5O3/c1-14(30)26-18-7-5-16(6-8-18)21-27-22(32-28-21)17-3-2-10-29(13-17)23(31)19-9-4-15(12-25)11-20(19)24/h4-9,11,17H,2-3,10,13H2,1H3,(H,26,30)/t17-/m1/s1. The van der Waals surface area contributed by atoms with Crippen LogP contribution in [-0.2, 0) is 4.79 Å². The molecule has 1 aromatic heterocycles. The molecule has 0 spiro atoms. The zero-order chi connectivity index (χ0) is 22.7. The molecule has 1 aliphatic rings. The van der Waals surface area contributed by atoms with Gasteiger partial charge in [-0.1, -0.05) is 5.16 Å². The number of piperidine rings is 1. The molecule has 162 valence electrons. The van der Waals surface area contributed by atoms with Gasteiger partial charge in [-0.2, -0.15) is 10.2 Å². The number of nitriles is 1. The summed E-state index contributed by atoms with van der Waals surface area (Å²) in [5, 5.41) is 15.6. The lowest BCUT2D eigenvalue weighted by Gasteiger charge is -2.31. The molecule has 9 heteroatoms. The maximum atomic E-state index is 14.3. The molecule has 3 aromatic rings. The summed E-state index contributed by atoms with van der Waals surface area (Å²) in [4.78, 5) is 30.0. The topological polar surface area (TPSA) is 112 Å². The molecular weight excluding hydrogens is 413 g/mol. The largest absolute Gasteiger partial charge is 0.339 e. The summed E-state index contributed by atoms with van der Waals surface area (Å²) >= 11 is 0. The van der Waals surface area contributed by atoms with Gasteiger partial charge in [-0.15, -0.1) is 0 Å². The molecule has 32 heavy (non-hydrogen) atoms. The zero-order valence-electron chi connectivity index (χ0n) is 17.3. The van der Waals surface area contributed by atoms with E-state index in [-0.39, 0.29) is 23.0 Å². The van der Waals surface area contributed by atoms with E-state index in [4.69, 9.17) is 9.78 Å². The number of hydrogen-bond acceptors (Lipinski definition) is 6. The first kappa shape index (κ1) is 21.2. The lowest BCUT2D eigenvalue weighted by molar-refractivity contribution is -0.114. The number of aromatic nitrogens is 2. The summed E-state index contributed by atoms with van der Waals surface area (Å²) in [5.41, 5.74) is 1.51. The van der Waals surface area contributed by atoms with Gasteiger partial charge >= 0.3 is 0 Å². The Kier molecular flexibility index (Phi) is 5.94. The highest BCUT2D eigenvalue weighted by Crippen LogP contribution is 2.29. The van der Waals surface area contributed by atoms with E-state index in [2.05, 4.69) is 15.5 Å². The van der Waals surface area contributed by atoms with E-state index >= 15 is 0 Å². The molecule has 0 radical (unpaired) electrons. The Morgan fingerprint density at radius 2 is 2.03 bits per heavy atom. The van der Waals surface area contributed by atoms with Crippen LogP contribution in [0.1, 0.15) is 47.5 Å². The van der Waals surface area contributed by atoms with Gasteiger partial charge in [-0.3, -0.25) is 9.59 Å². The second kappa shape index (κ2) is 8.98. The van der Waals surface area contributed by atoms with Crippen LogP contribution in [0.4, 0.5) is 10.1 Å². The Morgan fingerprint density at radius 1 is 1.25 bits per heavy atom. The number of halogens is 1. The van der Waals surface area contributed by atoms with Gasteiger partial charge in [-0.25, -0.2) is 4.39 Å². The molecule has 2 aromatic carbocycles. The molecule has 1 N–H and O–H groups in total. The number of nitrogens with one attached hydrogen (secondary N) is 1. The minimum Gasteiger partial charge on any atom is -0.339 e. The second-order valence-electron chi connectivity index (χ2n) is 7.61. The molecule has 0 bridgehead atoms. The number of benzene rings is 2. The molecule has 2 amide bonds. The number of carbonyl (C=O) groups is 2. The van der Waals surface area contributed by atoms with Crippen molar-refractivity contribution in [1.29, 1.82) is 5.26 Å². The predicted molar refractivity (Wildman–Crippen MR) is 113 cm³/mol. The molecule has 2 heterocycles. The lowest BCUT2D eigenvalue weighted by Crippen LogP contribution is -2.39. The first-order valence-electron chi connectivity index (χ1n) is 10.1. The molecule has 0 aliphatic carbocycles. The van der Waals surface area contributed by atoms with Crippen molar-refractivity contribution in [3.63, 3.8) is 0 Å². The van der Waals surface area contributed by atoms with Crippen LogP contribution in [0, 0.1) is 17.1 Å². The molecule has 0 unspecified atom stereocenters. The van der Waals surface area contributed by atoms with Crippen molar-refractivity contribution < 1.29 is 18.5 Å². The van der Waals surface area contributed by atoms with Crippen molar-refractivity contribution in [3.8, 4) is 17.5 Å². The Morgan fingerprint density at radius 3 is 2.72 bits per heavy atom. The van der Waals surface area contributed by atoms with Gasteiger partial charge in [0.1, 0.15) is 5.82 Å². The average molecular weight is 433 g/mol. The summed E-state index contributed by atoms with van der Waals surface area (Å²) in [6, 6.07) is 12.8. The van der Waals surface area contributed by atoms with E-state index < -0.39 is 11.7 Å². The minimum absolute atomic E-state index is 0.0601. The van der Waals surface area contributed by atoms with Crippen molar-refractivity contribution in [2.75, 3.05) is 18.4 Å². The third kappa shape index (κ3) is 4.49.